The molecule has 8 nitrogen and oxygen atoms in total. The molecule has 1 N–H and O–H groups in total. The number of anilines is 1. The van der Waals surface area contributed by atoms with Crippen LogP contribution in [0.5, 0.6) is 0 Å². The van der Waals surface area contributed by atoms with Crippen molar-refractivity contribution >= 4 is 17.3 Å². The van der Waals surface area contributed by atoms with Crippen LogP contribution in [0, 0.1) is 15.9 Å². The number of rotatable bonds is 5. The Balaban J connectivity index is 1.90. The van der Waals surface area contributed by atoms with Crippen molar-refractivity contribution in [2.75, 3.05) is 5.32 Å². The number of aromatic nitrogens is 2. The van der Waals surface area contributed by atoms with Gasteiger partial charge in [0.2, 0.25) is 5.91 Å². The molecule has 142 valence electrons. The molecule has 0 aliphatic carbocycles. The first-order valence-electron chi connectivity index (χ1n) is 8.27. The topological polar surface area (TPSA) is 107 Å². The van der Waals surface area contributed by atoms with Gasteiger partial charge in [0.1, 0.15) is 17.5 Å². The quantitative estimate of drug-likeness (QED) is 0.539. The van der Waals surface area contributed by atoms with E-state index in [1.165, 1.54) is 61.5 Å². The predicted molar refractivity (Wildman–Crippen MR) is 100 cm³/mol. The van der Waals surface area contributed by atoms with Gasteiger partial charge in [-0.05, 0) is 43.3 Å². The molecule has 3 rings (SSSR count). The van der Waals surface area contributed by atoms with Crippen LogP contribution in [0.15, 0.2) is 65.5 Å². The van der Waals surface area contributed by atoms with E-state index in [0.29, 0.717) is 11.3 Å². The number of carbonyl (C=O) groups excluding carboxylic acids is 1. The van der Waals surface area contributed by atoms with Crippen LogP contribution >= 0.6 is 0 Å². The first kappa shape index (κ1) is 18.9. The number of hydrogen-bond donors (Lipinski definition) is 1. The fraction of sp³-hybridized carbons (Fsp3) is 0.105. The van der Waals surface area contributed by atoms with E-state index < -0.39 is 28.2 Å². The molecule has 1 aromatic heterocycles. The Labute approximate surface area is 158 Å². The Kier molecular flexibility index (Phi) is 5.25. The Bertz CT molecular complexity index is 1100. The van der Waals surface area contributed by atoms with Crippen LogP contribution in [0.3, 0.4) is 0 Å². The maximum atomic E-state index is 13.1. The lowest BCUT2D eigenvalue weighted by Crippen LogP contribution is -2.33. The van der Waals surface area contributed by atoms with Gasteiger partial charge in [0, 0.05) is 17.7 Å². The van der Waals surface area contributed by atoms with Gasteiger partial charge in [0.15, 0.2) is 0 Å². The maximum absolute atomic E-state index is 13.1. The molecule has 0 fully saturated rings. The number of benzene rings is 2. The van der Waals surface area contributed by atoms with Gasteiger partial charge in [-0.3, -0.25) is 19.7 Å². The zero-order chi connectivity index (χ0) is 20.3. The molecule has 0 saturated heterocycles. The van der Waals surface area contributed by atoms with Gasteiger partial charge in [-0.2, -0.15) is 5.10 Å². The molecule has 0 bridgehead atoms. The summed E-state index contributed by atoms with van der Waals surface area (Å²) in [4.78, 5) is 35.2. The third-order valence-corrected chi connectivity index (χ3v) is 4.07. The molecule has 0 radical (unpaired) electrons. The summed E-state index contributed by atoms with van der Waals surface area (Å²) in [6.45, 7) is 1.45. The monoisotopic (exact) mass is 382 g/mol. The van der Waals surface area contributed by atoms with Gasteiger partial charge in [0.25, 0.3) is 11.2 Å². The smallest absolute Gasteiger partial charge is 0.292 e. The molecular formula is C19H15FN4O4. The molecule has 1 heterocycles. The van der Waals surface area contributed by atoms with E-state index >= 15 is 0 Å². The number of nitro groups is 1. The molecule has 1 atom stereocenters. The maximum Gasteiger partial charge on any atom is 0.292 e. The van der Waals surface area contributed by atoms with Crippen LogP contribution in [-0.4, -0.2) is 20.6 Å². The summed E-state index contributed by atoms with van der Waals surface area (Å²) in [5.41, 5.74) is 0.193. The third-order valence-electron chi connectivity index (χ3n) is 4.07. The second-order valence-corrected chi connectivity index (χ2v) is 5.95. The molecular weight excluding hydrogens is 367 g/mol. The normalized spacial score (nSPS) is 11.6. The number of nitrogens with zero attached hydrogens (tertiary/aromatic N) is 3. The van der Waals surface area contributed by atoms with Crippen molar-refractivity contribution in [3.05, 3.63) is 86.9 Å². The minimum atomic E-state index is -1.03. The first-order chi connectivity index (χ1) is 13.4. The summed E-state index contributed by atoms with van der Waals surface area (Å²) >= 11 is 0. The number of halogens is 1. The van der Waals surface area contributed by atoms with E-state index in [-0.39, 0.29) is 11.4 Å². The number of carbonyl (C=O) groups is 1. The van der Waals surface area contributed by atoms with Gasteiger partial charge in [-0.25, -0.2) is 9.07 Å². The van der Waals surface area contributed by atoms with Gasteiger partial charge in [0.05, 0.1) is 10.6 Å². The second kappa shape index (κ2) is 7.78. The van der Waals surface area contributed by atoms with Gasteiger partial charge >= 0.3 is 0 Å². The van der Waals surface area contributed by atoms with Crippen LogP contribution < -0.4 is 10.9 Å². The minimum absolute atomic E-state index is 0.0205. The lowest BCUT2D eigenvalue weighted by Gasteiger charge is -2.15. The SMILES string of the molecule is CC(C(=O)Nc1ccccc1[N+](=O)[O-])n1nc(-c2ccc(F)cc2)ccc1=O. The van der Waals surface area contributed by atoms with Gasteiger partial charge in [-0.1, -0.05) is 12.1 Å². The zero-order valence-electron chi connectivity index (χ0n) is 14.7. The molecule has 3 aromatic rings. The lowest BCUT2D eigenvalue weighted by atomic mass is 10.1. The van der Waals surface area contributed by atoms with Crippen LogP contribution in [0.4, 0.5) is 15.8 Å². The van der Waals surface area contributed by atoms with Crippen molar-refractivity contribution in [2.24, 2.45) is 0 Å². The summed E-state index contributed by atoms with van der Waals surface area (Å²) in [5.74, 6) is -1.05. The highest BCUT2D eigenvalue weighted by atomic mass is 19.1. The highest BCUT2D eigenvalue weighted by Crippen LogP contribution is 2.24. The van der Waals surface area contributed by atoms with E-state index in [0.717, 1.165) is 4.68 Å². The molecule has 1 amide bonds. The van der Waals surface area contributed by atoms with Crippen LogP contribution in [-0.2, 0) is 4.79 Å². The van der Waals surface area contributed by atoms with Crippen molar-refractivity contribution < 1.29 is 14.1 Å². The summed E-state index contributed by atoms with van der Waals surface area (Å²) in [5, 5.41) is 17.7. The molecule has 1 unspecified atom stereocenters. The standard InChI is InChI=1S/C19H15FN4O4/c1-12(19(26)21-16-4-2-3-5-17(16)24(27)28)23-18(25)11-10-15(22-23)13-6-8-14(20)9-7-13/h2-12H,1H3,(H,21,26). The predicted octanol–water partition coefficient (Wildman–Crippen LogP) is 3.16. The number of hydrogen-bond acceptors (Lipinski definition) is 5. The van der Waals surface area contributed by atoms with Gasteiger partial charge in [-0.15, -0.1) is 0 Å². The van der Waals surface area contributed by atoms with E-state index in [2.05, 4.69) is 10.4 Å². The third kappa shape index (κ3) is 3.93. The number of nitro benzene ring substituents is 1. The summed E-state index contributed by atoms with van der Waals surface area (Å²) in [6.07, 6.45) is 0. The Morgan fingerprint density at radius 3 is 2.50 bits per heavy atom. The van der Waals surface area contributed by atoms with Gasteiger partial charge < -0.3 is 5.32 Å². The average Bonchev–Trinajstić information content (AvgIpc) is 2.68. The molecule has 28 heavy (non-hydrogen) atoms. The molecule has 0 spiro atoms. The highest BCUT2D eigenvalue weighted by Gasteiger charge is 2.21. The lowest BCUT2D eigenvalue weighted by molar-refractivity contribution is -0.383. The van der Waals surface area contributed by atoms with E-state index in [1.54, 1.807) is 6.07 Å². The Morgan fingerprint density at radius 2 is 1.82 bits per heavy atom. The number of nitrogens with one attached hydrogen (secondary N) is 1. The average molecular weight is 382 g/mol. The number of amides is 1. The highest BCUT2D eigenvalue weighted by molar-refractivity contribution is 5.95. The minimum Gasteiger partial charge on any atom is -0.319 e. The van der Waals surface area contributed by atoms with Crippen molar-refractivity contribution in [2.45, 2.75) is 13.0 Å². The zero-order valence-corrected chi connectivity index (χ0v) is 14.7. The van der Waals surface area contributed by atoms with E-state index in [9.17, 15) is 24.1 Å². The molecule has 9 heteroatoms. The molecule has 0 aliphatic heterocycles. The summed E-state index contributed by atoms with van der Waals surface area (Å²) < 4.78 is 14.1. The Hall–Kier alpha value is -3.88. The van der Waals surface area contributed by atoms with E-state index in [4.69, 9.17) is 0 Å². The Morgan fingerprint density at radius 1 is 1.14 bits per heavy atom. The van der Waals surface area contributed by atoms with Crippen molar-refractivity contribution in [3.8, 4) is 11.3 Å². The van der Waals surface area contributed by atoms with E-state index in [1.807, 2.05) is 0 Å². The number of para-hydroxylation sites is 2. The molecule has 2 aromatic carbocycles. The van der Waals surface area contributed by atoms with Crippen LogP contribution in [0.2, 0.25) is 0 Å². The van der Waals surface area contributed by atoms with Crippen LogP contribution in [0.25, 0.3) is 11.3 Å². The fourth-order valence-corrected chi connectivity index (χ4v) is 2.56. The molecule has 0 saturated carbocycles. The molecule has 0 aliphatic rings. The summed E-state index contributed by atoms with van der Waals surface area (Å²) in [6, 6.07) is 12.9. The van der Waals surface area contributed by atoms with Crippen molar-refractivity contribution in [3.63, 3.8) is 0 Å². The first-order valence-corrected chi connectivity index (χ1v) is 8.27. The fourth-order valence-electron chi connectivity index (χ4n) is 2.56. The summed E-state index contributed by atoms with van der Waals surface area (Å²) in [7, 11) is 0. The largest absolute Gasteiger partial charge is 0.319 e. The van der Waals surface area contributed by atoms with Crippen molar-refractivity contribution in [1.29, 1.82) is 0 Å². The van der Waals surface area contributed by atoms with Crippen LogP contribution in [0.1, 0.15) is 13.0 Å². The van der Waals surface area contributed by atoms with Crippen molar-refractivity contribution in [1.82, 2.24) is 9.78 Å². The second-order valence-electron chi connectivity index (χ2n) is 5.95.